The minimum Gasteiger partial charge on any atom is -0.481 e. The molecule has 0 aromatic heterocycles. The minimum absolute atomic E-state index is 0.165. The van der Waals surface area contributed by atoms with Crippen molar-refractivity contribution in [3.63, 3.8) is 0 Å². The predicted octanol–water partition coefficient (Wildman–Crippen LogP) is 2.13. The number of carboxylic acid groups (broad SMARTS) is 1. The Balaban J connectivity index is 2.01. The molecule has 1 fully saturated rings. The van der Waals surface area contributed by atoms with Crippen molar-refractivity contribution in [2.75, 3.05) is 13.1 Å². The fourth-order valence-electron chi connectivity index (χ4n) is 2.29. The average molecular weight is 233 g/mol. The van der Waals surface area contributed by atoms with Crippen LogP contribution in [0.2, 0.25) is 0 Å². The molecule has 17 heavy (non-hydrogen) atoms. The van der Waals surface area contributed by atoms with Gasteiger partial charge in [0.1, 0.15) is 0 Å². The van der Waals surface area contributed by atoms with Gasteiger partial charge in [-0.3, -0.25) is 9.69 Å². The van der Waals surface area contributed by atoms with Crippen molar-refractivity contribution in [2.24, 2.45) is 5.92 Å². The summed E-state index contributed by atoms with van der Waals surface area (Å²) in [4.78, 5) is 12.9. The number of rotatable bonds is 3. The van der Waals surface area contributed by atoms with Gasteiger partial charge in [-0.2, -0.15) is 0 Å². The van der Waals surface area contributed by atoms with E-state index in [0.29, 0.717) is 13.1 Å². The molecule has 0 radical (unpaired) electrons. The first-order valence-corrected chi connectivity index (χ1v) is 5.99. The Labute approximate surface area is 102 Å². The fourth-order valence-corrected chi connectivity index (χ4v) is 2.29. The van der Waals surface area contributed by atoms with E-state index in [4.69, 9.17) is 5.11 Å². The van der Waals surface area contributed by atoms with Crippen LogP contribution in [0.15, 0.2) is 12.1 Å². The number of hydrogen-bond acceptors (Lipinski definition) is 2. The summed E-state index contributed by atoms with van der Waals surface area (Å²) < 4.78 is 0. The molecule has 3 nitrogen and oxygen atoms in total. The first-order valence-electron chi connectivity index (χ1n) is 5.99. The molecule has 0 saturated carbocycles. The second-order valence-electron chi connectivity index (χ2n) is 5.09. The molecule has 0 bridgehead atoms. The maximum absolute atomic E-state index is 10.7. The lowest BCUT2D eigenvalue weighted by molar-refractivity contribution is -0.147. The Morgan fingerprint density at radius 2 is 1.82 bits per heavy atom. The van der Waals surface area contributed by atoms with E-state index in [2.05, 4.69) is 37.8 Å². The molecule has 0 atom stereocenters. The third-order valence-electron chi connectivity index (χ3n) is 3.65. The Kier molecular flexibility index (Phi) is 3.20. The standard InChI is InChI=1S/C14H19NO2/c1-9-4-11(3)12(5-10(9)2)6-15-7-13(8-15)14(16)17/h4-5,13H,6-8H2,1-3H3,(H,16,17). The van der Waals surface area contributed by atoms with E-state index in [1.807, 2.05) is 0 Å². The van der Waals surface area contributed by atoms with Crippen LogP contribution in [0.1, 0.15) is 22.3 Å². The van der Waals surface area contributed by atoms with Crippen LogP contribution in [0.3, 0.4) is 0 Å². The molecule has 92 valence electrons. The van der Waals surface area contributed by atoms with Gasteiger partial charge in [-0.1, -0.05) is 12.1 Å². The van der Waals surface area contributed by atoms with Crippen molar-refractivity contribution >= 4 is 5.97 Å². The quantitative estimate of drug-likeness (QED) is 0.869. The van der Waals surface area contributed by atoms with Crippen molar-refractivity contribution in [3.05, 3.63) is 34.4 Å². The second kappa shape index (κ2) is 4.49. The van der Waals surface area contributed by atoms with Crippen LogP contribution in [-0.2, 0) is 11.3 Å². The average Bonchev–Trinajstić information content (AvgIpc) is 2.17. The van der Waals surface area contributed by atoms with Gasteiger partial charge in [-0.15, -0.1) is 0 Å². The SMILES string of the molecule is Cc1cc(C)c(CN2CC(C(=O)O)C2)cc1C. The van der Waals surface area contributed by atoms with E-state index < -0.39 is 5.97 Å². The number of nitrogens with zero attached hydrogens (tertiary/aromatic N) is 1. The molecule has 1 aliphatic heterocycles. The van der Waals surface area contributed by atoms with Gasteiger partial charge in [0.2, 0.25) is 0 Å². The van der Waals surface area contributed by atoms with Gasteiger partial charge in [0, 0.05) is 19.6 Å². The summed E-state index contributed by atoms with van der Waals surface area (Å²) >= 11 is 0. The molecule has 0 amide bonds. The molecule has 3 heteroatoms. The Morgan fingerprint density at radius 1 is 1.24 bits per heavy atom. The van der Waals surface area contributed by atoms with Crippen LogP contribution in [-0.4, -0.2) is 29.1 Å². The van der Waals surface area contributed by atoms with E-state index in [1.165, 1.54) is 22.3 Å². The molecule has 1 N–H and O–H groups in total. The van der Waals surface area contributed by atoms with Gasteiger partial charge >= 0.3 is 5.97 Å². The van der Waals surface area contributed by atoms with Crippen LogP contribution in [0.5, 0.6) is 0 Å². The van der Waals surface area contributed by atoms with Gasteiger partial charge in [0.15, 0.2) is 0 Å². The summed E-state index contributed by atoms with van der Waals surface area (Å²) in [5.41, 5.74) is 5.24. The lowest BCUT2D eigenvalue weighted by Gasteiger charge is -2.37. The highest BCUT2D eigenvalue weighted by atomic mass is 16.4. The molecule has 1 saturated heterocycles. The van der Waals surface area contributed by atoms with Crippen LogP contribution in [0, 0.1) is 26.7 Å². The fraction of sp³-hybridized carbons (Fsp3) is 0.500. The summed E-state index contributed by atoms with van der Waals surface area (Å²) in [7, 11) is 0. The predicted molar refractivity (Wildman–Crippen MR) is 67.1 cm³/mol. The lowest BCUT2D eigenvalue weighted by Crippen LogP contribution is -2.49. The van der Waals surface area contributed by atoms with Crippen molar-refractivity contribution in [2.45, 2.75) is 27.3 Å². The number of aliphatic carboxylic acids is 1. The first kappa shape index (κ1) is 12.1. The molecule has 2 rings (SSSR count). The second-order valence-corrected chi connectivity index (χ2v) is 5.09. The summed E-state index contributed by atoms with van der Waals surface area (Å²) in [6.07, 6.45) is 0. The Bertz CT molecular complexity index is 448. The molecule has 0 unspecified atom stereocenters. The topological polar surface area (TPSA) is 40.5 Å². The summed E-state index contributed by atoms with van der Waals surface area (Å²) in [6.45, 7) is 8.60. The van der Waals surface area contributed by atoms with Crippen molar-refractivity contribution in [3.8, 4) is 0 Å². The summed E-state index contributed by atoms with van der Waals surface area (Å²) in [5.74, 6) is -0.833. The smallest absolute Gasteiger partial charge is 0.309 e. The zero-order valence-electron chi connectivity index (χ0n) is 10.7. The maximum Gasteiger partial charge on any atom is 0.309 e. The number of likely N-dealkylation sites (tertiary alicyclic amines) is 1. The van der Waals surface area contributed by atoms with Gasteiger partial charge in [-0.05, 0) is 43.0 Å². The van der Waals surface area contributed by atoms with Crippen LogP contribution in [0.25, 0.3) is 0 Å². The van der Waals surface area contributed by atoms with Gasteiger partial charge < -0.3 is 5.11 Å². The third-order valence-corrected chi connectivity index (χ3v) is 3.65. The normalized spacial score (nSPS) is 16.9. The number of carboxylic acids is 1. The molecule has 1 heterocycles. The van der Waals surface area contributed by atoms with Crippen molar-refractivity contribution in [1.29, 1.82) is 0 Å². The third kappa shape index (κ3) is 2.50. The number of hydrogen-bond donors (Lipinski definition) is 1. The van der Waals surface area contributed by atoms with E-state index in [-0.39, 0.29) is 5.92 Å². The molecular formula is C14H19NO2. The van der Waals surface area contributed by atoms with Gasteiger partial charge in [0.25, 0.3) is 0 Å². The van der Waals surface area contributed by atoms with Gasteiger partial charge in [-0.25, -0.2) is 0 Å². The highest BCUT2D eigenvalue weighted by Crippen LogP contribution is 2.22. The maximum atomic E-state index is 10.7. The zero-order valence-corrected chi connectivity index (χ0v) is 10.7. The number of benzene rings is 1. The monoisotopic (exact) mass is 233 g/mol. The van der Waals surface area contributed by atoms with Crippen molar-refractivity contribution < 1.29 is 9.90 Å². The molecule has 1 aliphatic rings. The summed E-state index contributed by atoms with van der Waals surface area (Å²) in [6, 6.07) is 4.43. The largest absolute Gasteiger partial charge is 0.481 e. The highest BCUT2D eigenvalue weighted by Gasteiger charge is 2.32. The molecule has 0 aliphatic carbocycles. The van der Waals surface area contributed by atoms with E-state index in [0.717, 1.165) is 6.54 Å². The van der Waals surface area contributed by atoms with Crippen molar-refractivity contribution in [1.82, 2.24) is 4.90 Å². The highest BCUT2D eigenvalue weighted by molar-refractivity contribution is 5.71. The summed E-state index contributed by atoms with van der Waals surface area (Å²) in [5, 5.41) is 8.83. The van der Waals surface area contributed by atoms with E-state index in [1.54, 1.807) is 0 Å². The number of carbonyl (C=O) groups is 1. The van der Waals surface area contributed by atoms with Crippen LogP contribution in [0.4, 0.5) is 0 Å². The van der Waals surface area contributed by atoms with Crippen LogP contribution >= 0.6 is 0 Å². The molecule has 0 spiro atoms. The van der Waals surface area contributed by atoms with Crippen LogP contribution < -0.4 is 0 Å². The molecule has 1 aromatic carbocycles. The Hall–Kier alpha value is -1.35. The number of aryl methyl sites for hydroxylation is 3. The molecular weight excluding hydrogens is 214 g/mol. The first-order chi connectivity index (χ1) is 7.97. The lowest BCUT2D eigenvalue weighted by atomic mass is 9.96. The minimum atomic E-state index is -0.668. The van der Waals surface area contributed by atoms with E-state index in [9.17, 15) is 4.79 Å². The van der Waals surface area contributed by atoms with Gasteiger partial charge in [0.05, 0.1) is 5.92 Å². The van der Waals surface area contributed by atoms with E-state index >= 15 is 0 Å². The zero-order chi connectivity index (χ0) is 12.6. The molecule has 1 aromatic rings. The Morgan fingerprint density at radius 3 is 2.41 bits per heavy atom.